The molecule has 0 unspecified atom stereocenters. The third kappa shape index (κ3) is 3.47. The van der Waals surface area contributed by atoms with Gasteiger partial charge in [0, 0.05) is 34.1 Å². The molecule has 8 heteroatoms. The molecule has 0 radical (unpaired) electrons. The molecule has 0 aliphatic heterocycles. The van der Waals surface area contributed by atoms with E-state index in [2.05, 4.69) is 20.3 Å². The van der Waals surface area contributed by atoms with Gasteiger partial charge in [0.2, 0.25) is 5.82 Å². The molecule has 4 aromatic rings. The minimum Gasteiger partial charge on any atom is -0.319 e. The zero-order chi connectivity index (χ0) is 19.7. The quantitative estimate of drug-likeness (QED) is 0.532. The van der Waals surface area contributed by atoms with Gasteiger partial charge < -0.3 is 5.32 Å². The van der Waals surface area contributed by atoms with Crippen molar-refractivity contribution in [2.24, 2.45) is 0 Å². The largest absolute Gasteiger partial charge is 0.319 e. The Labute approximate surface area is 165 Å². The van der Waals surface area contributed by atoms with Gasteiger partial charge in [0.25, 0.3) is 5.91 Å². The van der Waals surface area contributed by atoms with Crippen LogP contribution in [-0.2, 0) is 0 Å². The number of hydrogen-bond donors (Lipinski definition) is 1. The number of carbonyl (C=O) groups excluding carboxylic acids is 2. The first kappa shape index (κ1) is 17.8. The summed E-state index contributed by atoms with van der Waals surface area (Å²) < 4.78 is 1.69. The van der Waals surface area contributed by atoms with Gasteiger partial charge in [0.05, 0.1) is 5.52 Å². The molecular weight excluding hydrogens is 378 g/mol. The summed E-state index contributed by atoms with van der Waals surface area (Å²) in [6, 6.07) is 11.8. The molecule has 1 N–H and O–H groups in total. The van der Waals surface area contributed by atoms with Crippen LogP contribution in [0.2, 0.25) is 5.02 Å². The second-order valence-corrected chi connectivity index (χ2v) is 6.53. The summed E-state index contributed by atoms with van der Waals surface area (Å²) in [7, 11) is 0. The first-order chi connectivity index (χ1) is 13.5. The van der Waals surface area contributed by atoms with Gasteiger partial charge in [-0.1, -0.05) is 11.6 Å². The topological polar surface area (TPSA) is 89.8 Å². The predicted octanol–water partition coefficient (Wildman–Crippen LogP) is 3.92. The number of nitrogens with one attached hydrogen (secondary N) is 1. The van der Waals surface area contributed by atoms with Crippen molar-refractivity contribution in [3.05, 3.63) is 77.6 Å². The van der Waals surface area contributed by atoms with E-state index in [0.29, 0.717) is 33.0 Å². The molecule has 2 aromatic heterocycles. The summed E-state index contributed by atoms with van der Waals surface area (Å²) in [6.07, 6.45) is 4.94. The number of halogens is 1. The van der Waals surface area contributed by atoms with Gasteiger partial charge in [-0.2, -0.15) is 0 Å². The van der Waals surface area contributed by atoms with Crippen molar-refractivity contribution in [2.75, 3.05) is 5.32 Å². The number of benzene rings is 2. The van der Waals surface area contributed by atoms with Crippen LogP contribution in [0.4, 0.5) is 5.69 Å². The maximum absolute atomic E-state index is 12.7. The molecule has 0 bridgehead atoms. The Morgan fingerprint density at radius 3 is 2.54 bits per heavy atom. The Balaban J connectivity index is 1.73. The molecule has 2 heterocycles. The number of Topliss-reactive ketones (excluding diaryl/α,β-unsaturated/α-hetero) is 1. The molecular formula is C20H14ClN5O2. The lowest BCUT2D eigenvalue weighted by Gasteiger charge is -2.10. The number of hydrogen-bond acceptors (Lipinski definition) is 5. The maximum Gasteiger partial charge on any atom is 0.293 e. The summed E-state index contributed by atoms with van der Waals surface area (Å²) in [5.41, 5.74) is 1.69. The van der Waals surface area contributed by atoms with E-state index < -0.39 is 5.91 Å². The Kier molecular flexibility index (Phi) is 4.58. The molecule has 4 rings (SSSR count). The monoisotopic (exact) mass is 391 g/mol. The fraction of sp³-hybridized carbons (Fsp3) is 0.0500. The van der Waals surface area contributed by atoms with Gasteiger partial charge in [-0.25, -0.2) is 15.0 Å². The second-order valence-electron chi connectivity index (χ2n) is 6.09. The van der Waals surface area contributed by atoms with Gasteiger partial charge in [-0.15, -0.1) is 0 Å². The minimum atomic E-state index is -0.464. The lowest BCUT2D eigenvalue weighted by Crippen LogP contribution is -2.17. The van der Waals surface area contributed by atoms with Crippen LogP contribution >= 0.6 is 11.6 Å². The number of carbonyl (C=O) groups is 2. The molecule has 0 fully saturated rings. The van der Waals surface area contributed by atoms with Crippen LogP contribution in [0.1, 0.15) is 27.9 Å². The van der Waals surface area contributed by atoms with Crippen LogP contribution < -0.4 is 5.32 Å². The molecule has 1 amide bonds. The van der Waals surface area contributed by atoms with Crippen LogP contribution in [-0.4, -0.2) is 31.2 Å². The Morgan fingerprint density at radius 1 is 1.07 bits per heavy atom. The standard InChI is InChI=1S/C20H14ClN5O2/c1-12(27)13-2-5-15(6-3-13)23-20(28)18-24-17-7-4-14(21)10-16(17)19(25-18)26-9-8-22-11-26/h2-11H,1H3,(H,23,28). The van der Waals surface area contributed by atoms with Gasteiger partial charge in [0.1, 0.15) is 12.1 Å². The smallest absolute Gasteiger partial charge is 0.293 e. The van der Waals surface area contributed by atoms with E-state index in [1.165, 1.54) is 6.92 Å². The van der Waals surface area contributed by atoms with Crippen molar-refractivity contribution in [1.82, 2.24) is 19.5 Å². The number of ketones is 1. The Morgan fingerprint density at radius 2 is 1.86 bits per heavy atom. The highest BCUT2D eigenvalue weighted by Crippen LogP contribution is 2.23. The molecule has 0 saturated carbocycles. The average molecular weight is 392 g/mol. The van der Waals surface area contributed by atoms with Crippen LogP contribution in [0.15, 0.2) is 61.2 Å². The summed E-state index contributed by atoms with van der Waals surface area (Å²) in [6.45, 7) is 1.49. The van der Waals surface area contributed by atoms with E-state index in [-0.39, 0.29) is 11.6 Å². The fourth-order valence-corrected chi connectivity index (χ4v) is 2.91. The molecule has 0 aliphatic rings. The highest BCUT2D eigenvalue weighted by Gasteiger charge is 2.16. The van der Waals surface area contributed by atoms with Gasteiger partial charge in [-0.05, 0) is 49.4 Å². The zero-order valence-corrected chi connectivity index (χ0v) is 15.5. The first-order valence-corrected chi connectivity index (χ1v) is 8.77. The molecule has 0 atom stereocenters. The number of aromatic nitrogens is 4. The van der Waals surface area contributed by atoms with Crippen molar-refractivity contribution < 1.29 is 9.59 Å². The average Bonchev–Trinajstić information content (AvgIpc) is 3.22. The SMILES string of the molecule is CC(=O)c1ccc(NC(=O)c2nc(-n3ccnc3)c3cc(Cl)ccc3n2)cc1. The van der Waals surface area contributed by atoms with Crippen molar-refractivity contribution in [3.8, 4) is 5.82 Å². The summed E-state index contributed by atoms with van der Waals surface area (Å²) in [5.74, 6) is 0.00408. The van der Waals surface area contributed by atoms with E-state index >= 15 is 0 Å². The highest BCUT2D eigenvalue weighted by atomic mass is 35.5. The number of imidazole rings is 1. The molecule has 7 nitrogen and oxygen atoms in total. The summed E-state index contributed by atoms with van der Waals surface area (Å²) >= 11 is 6.11. The normalized spacial score (nSPS) is 10.8. The molecule has 0 spiro atoms. The Hall–Kier alpha value is -3.58. The fourth-order valence-electron chi connectivity index (χ4n) is 2.74. The van der Waals surface area contributed by atoms with Crippen molar-refractivity contribution in [1.29, 1.82) is 0 Å². The predicted molar refractivity (Wildman–Crippen MR) is 106 cm³/mol. The lowest BCUT2D eigenvalue weighted by atomic mass is 10.1. The summed E-state index contributed by atoms with van der Waals surface area (Å²) in [4.78, 5) is 36.9. The van der Waals surface area contributed by atoms with Crippen molar-refractivity contribution in [2.45, 2.75) is 6.92 Å². The second kappa shape index (κ2) is 7.21. The highest BCUT2D eigenvalue weighted by molar-refractivity contribution is 6.31. The summed E-state index contributed by atoms with van der Waals surface area (Å²) in [5, 5.41) is 3.99. The molecule has 2 aromatic carbocycles. The van der Waals surface area contributed by atoms with Crippen LogP contribution in [0.3, 0.4) is 0 Å². The van der Waals surface area contributed by atoms with Gasteiger partial charge in [-0.3, -0.25) is 14.2 Å². The van der Waals surface area contributed by atoms with E-state index in [1.54, 1.807) is 65.8 Å². The lowest BCUT2D eigenvalue weighted by molar-refractivity contribution is 0.101. The third-order valence-corrected chi connectivity index (χ3v) is 4.37. The van der Waals surface area contributed by atoms with Crippen molar-refractivity contribution in [3.63, 3.8) is 0 Å². The molecule has 138 valence electrons. The van der Waals surface area contributed by atoms with Crippen LogP contribution in [0.25, 0.3) is 16.7 Å². The van der Waals surface area contributed by atoms with Crippen LogP contribution in [0.5, 0.6) is 0 Å². The number of fused-ring (bicyclic) bond motifs is 1. The van der Waals surface area contributed by atoms with E-state index in [9.17, 15) is 9.59 Å². The maximum atomic E-state index is 12.7. The number of nitrogens with zero attached hydrogens (tertiary/aromatic N) is 4. The zero-order valence-electron chi connectivity index (χ0n) is 14.8. The van der Waals surface area contributed by atoms with Crippen LogP contribution in [0, 0.1) is 0 Å². The van der Waals surface area contributed by atoms with E-state index in [1.807, 2.05) is 0 Å². The third-order valence-electron chi connectivity index (χ3n) is 4.14. The molecule has 0 saturated heterocycles. The number of rotatable bonds is 4. The molecule has 28 heavy (non-hydrogen) atoms. The Bertz CT molecular complexity index is 1190. The van der Waals surface area contributed by atoms with Gasteiger partial charge >= 0.3 is 0 Å². The van der Waals surface area contributed by atoms with E-state index in [4.69, 9.17) is 11.6 Å². The minimum absolute atomic E-state index is 0.00849. The number of amides is 1. The molecule has 0 aliphatic carbocycles. The van der Waals surface area contributed by atoms with E-state index in [0.717, 1.165) is 0 Å². The first-order valence-electron chi connectivity index (χ1n) is 8.39. The number of anilines is 1. The van der Waals surface area contributed by atoms with Crippen molar-refractivity contribution >= 4 is 39.9 Å². The van der Waals surface area contributed by atoms with Gasteiger partial charge in [0.15, 0.2) is 5.78 Å².